The molecule has 0 aliphatic rings. The number of phenolic OH excluding ortho intramolecular Hbond substituents is 2. The van der Waals surface area contributed by atoms with Crippen LogP contribution in [0.2, 0.25) is 0 Å². The van der Waals surface area contributed by atoms with E-state index in [0.717, 1.165) is 12.1 Å². The number of hydrogen-bond donors (Lipinski definition) is 3. The molecule has 0 fully saturated rings. The van der Waals surface area contributed by atoms with Crippen molar-refractivity contribution < 1.29 is 23.2 Å². The molecule has 0 saturated heterocycles. The first kappa shape index (κ1) is 8.82. The van der Waals surface area contributed by atoms with Crippen molar-refractivity contribution >= 4 is 10.1 Å². The summed E-state index contributed by atoms with van der Waals surface area (Å²) in [5, 5.41) is 17.6. The van der Waals surface area contributed by atoms with Gasteiger partial charge in [0.1, 0.15) is 16.4 Å². The van der Waals surface area contributed by atoms with Gasteiger partial charge in [-0.2, -0.15) is 8.42 Å². The van der Waals surface area contributed by atoms with Crippen LogP contribution in [0.4, 0.5) is 0 Å². The molecular weight excluding hydrogens is 184 g/mol. The predicted octanol–water partition coefficient (Wildman–Crippen LogP) is 0.145. The third-order valence-corrected chi connectivity index (χ3v) is 1.96. The van der Waals surface area contributed by atoms with E-state index in [1.54, 1.807) is 0 Å². The zero-order chi connectivity index (χ0) is 9.35. The molecule has 0 aliphatic heterocycles. The number of aromatic hydroxyl groups is 2. The molecule has 0 bridgehead atoms. The van der Waals surface area contributed by atoms with Gasteiger partial charge in [0.2, 0.25) is 0 Å². The van der Waals surface area contributed by atoms with E-state index in [9.17, 15) is 8.42 Å². The van der Waals surface area contributed by atoms with E-state index in [-0.39, 0.29) is 0 Å². The van der Waals surface area contributed by atoms with Crippen LogP contribution in [0, 0.1) is 6.07 Å². The Labute approximate surface area is 68.6 Å². The summed E-state index contributed by atoms with van der Waals surface area (Å²) in [5.74, 6) is -1.13. The summed E-state index contributed by atoms with van der Waals surface area (Å²) in [5.41, 5.74) is 0. The van der Waals surface area contributed by atoms with Crippen LogP contribution in [0.3, 0.4) is 0 Å². The van der Waals surface area contributed by atoms with Gasteiger partial charge in [-0.05, 0) is 12.1 Å². The highest BCUT2D eigenvalue weighted by atomic mass is 32.2. The molecule has 6 heteroatoms. The van der Waals surface area contributed by atoms with Crippen molar-refractivity contribution in [1.82, 2.24) is 0 Å². The first-order chi connectivity index (χ1) is 5.41. The third kappa shape index (κ3) is 1.66. The van der Waals surface area contributed by atoms with Crippen LogP contribution < -0.4 is 0 Å². The van der Waals surface area contributed by atoms with E-state index in [1.807, 2.05) is 6.07 Å². The van der Waals surface area contributed by atoms with Gasteiger partial charge in [-0.3, -0.25) is 4.55 Å². The van der Waals surface area contributed by atoms with Crippen molar-refractivity contribution in [3.63, 3.8) is 0 Å². The second-order valence-corrected chi connectivity index (χ2v) is 3.39. The van der Waals surface area contributed by atoms with Crippen molar-refractivity contribution in [2.75, 3.05) is 0 Å². The largest absolute Gasteiger partial charge is 0.507 e. The van der Waals surface area contributed by atoms with Gasteiger partial charge in [-0.25, -0.2) is 0 Å². The Morgan fingerprint density at radius 2 is 1.83 bits per heavy atom. The van der Waals surface area contributed by atoms with Crippen LogP contribution in [0.1, 0.15) is 0 Å². The van der Waals surface area contributed by atoms with Crippen LogP contribution >= 0.6 is 0 Å². The van der Waals surface area contributed by atoms with Crippen molar-refractivity contribution in [3.05, 3.63) is 18.2 Å². The van der Waals surface area contributed by atoms with Crippen molar-refractivity contribution in [2.24, 2.45) is 0 Å². The number of phenols is 2. The lowest BCUT2D eigenvalue weighted by molar-refractivity contribution is 0.432. The number of benzene rings is 1. The monoisotopic (exact) mass is 189 g/mol. The van der Waals surface area contributed by atoms with Gasteiger partial charge in [0, 0.05) is 0 Å². The first-order valence-electron chi connectivity index (χ1n) is 2.83. The number of rotatable bonds is 1. The highest BCUT2D eigenvalue weighted by Crippen LogP contribution is 2.25. The topological polar surface area (TPSA) is 94.8 Å². The average molecular weight is 189 g/mol. The predicted molar refractivity (Wildman–Crippen MR) is 38.4 cm³/mol. The van der Waals surface area contributed by atoms with E-state index in [4.69, 9.17) is 14.8 Å². The van der Waals surface area contributed by atoms with E-state index in [0.29, 0.717) is 0 Å². The van der Waals surface area contributed by atoms with Crippen molar-refractivity contribution in [3.8, 4) is 11.5 Å². The third-order valence-electron chi connectivity index (χ3n) is 1.13. The lowest BCUT2D eigenvalue weighted by atomic mass is 10.3. The Morgan fingerprint density at radius 1 is 1.25 bits per heavy atom. The van der Waals surface area contributed by atoms with Gasteiger partial charge in [-0.15, -0.1) is 0 Å². The van der Waals surface area contributed by atoms with Gasteiger partial charge in [-0.1, -0.05) is 0 Å². The van der Waals surface area contributed by atoms with E-state index in [2.05, 4.69) is 0 Å². The van der Waals surface area contributed by atoms with Gasteiger partial charge in [0.05, 0.1) is 6.07 Å². The molecule has 0 atom stereocenters. The molecule has 1 radical (unpaired) electrons. The molecule has 65 valence electrons. The van der Waals surface area contributed by atoms with Crippen LogP contribution in [0.15, 0.2) is 17.0 Å². The molecule has 1 rings (SSSR count). The molecule has 12 heavy (non-hydrogen) atoms. The van der Waals surface area contributed by atoms with E-state index in [1.165, 1.54) is 0 Å². The maximum Gasteiger partial charge on any atom is 0.298 e. The molecule has 0 amide bonds. The molecule has 5 nitrogen and oxygen atoms in total. The fourth-order valence-corrected chi connectivity index (χ4v) is 1.22. The summed E-state index contributed by atoms with van der Waals surface area (Å²) < 4.78 is 29.4. The average Bonchev–Trinajstić information content (AvgIpc) is 1.92. The second kappa shape index (κ2) is 2.65. The summed E-state index contributed by atoms with van der Waals surface area (Å²) in [6.07, 6.45) is 0. The molecule has 0 aromatic heterocycles. The maximum absolute atomic E-state index is 10.5. The van der Waals surface area contributed by atoms with Gasteiger partial charge in [0.25, 0.3) is 10.1 Å². The minimum absolute atomic E-state index is 0.472. The molecule has 3 N–H and O–H groups in total. The Morgan fingerprint density at radius 3 is 2.25 bits per heavy atom. The summed E-state index contributed by atoms with van der Waals surface area (Å²) in [6, 6.07) is 3.87. The normalized spacial score (nSPS) is 11.4. The zero-order valence-electron chi connectivity index (χ0n) is 5.72. The summed E-state index contributed by atoms with van der Waals surface area (Å²) in [6.45, 7) is 0. The molecule has 1 aromatic rings. The Balaban J connectivity index is 3.43. The summed E-state index contributed by atoms with van der Waals surface area (Å²) in [4.78, 5) is -0.831. The molecule has 0 unspecified atom stereocenters. The highest BCUT2D eigenvalue weighted by molar-refractivity contribution is 7.86. The fourth-order valence-electron chi connectivity index (χ4n) is 0.652. The Kier molecular flexibility index (Phi) is 1.95. The van der Waals surface area contributed by atoms with Crippen LogP contribution in [0.25, 0.3) is 0 Å². The van der Waals surface area contributed by atoms with Gasteiger partial charge in [0.15, 0.2) is 0 Å². The Bertz CT molecular complexity index is 394. The Hall–Kier alpha value is -1.27. The van der Waals surface area contributed by atoms with Crippen molar-refractivity contribution in [2.45, 2.75) is 4.90 Å². The van der Waals surface area contributed by atoms with Crippen molar-refractivity contribution in [1.29, 1.82) is 0 Å². The second-order valence-electron chi connectivity index (χ2n) is 2.03. The van der Waals surface area contributed by atoms with Gasteiger partial charge < -0.3 is 10.2 Å². The first-order valence-corrected chi connectivity index (χ1v) is 4.27. The lowest BCUT2D eigenvalue weighted by Crippen LogP contribution is -1.98. The minimum atomic E-state index is -4.52. The SMILES string of the molecule is O=S(=O)(O)c1[c]c(O)ccc1O. The van der Waals surface area contributed by atoms with E-state index < -0.39 is 26.5 Å². The van der Waals surface area contributed by atoms with Crippen LogP contribution in [-0.2, 0) is 10.1 Å². The molecule has 0 spiro atoms. The molecular formula is C6H5O5S. The summed E-state index contributed by atoms with van der Waals surface area (Å²) >= 11 is 0. The maximum atomic E-state index is 10.5. The van der Waals surface area contributed by atoms with Crippen LogP contribution in [-0.4, -0.2) is 23.2 Å². The highest BCUT2D eigenvalue weighted by Gasteiger charge is 2.15. The minimum Gasteiger partial charge on any atom is -0.507 e. The number of hydrogen-bond acceptors (Lipinski definition) is 4. The fraction of sp³-hybridized carbons (Fsp3) is 0. The molecule has 0 saturated carbocycles. The summed E-state index contributed by atoms with van der Waals surface area (Å²) in [7, 11) is -4.52. The van der Waals surface area contributed by atoms with Crippen LogP contribution in [0.5, 0.6) is 11.5 Å². The smallest absolute Gasteiger partial charge is 0.298 e. The zero-order valence-corrected chi connectivity index (χ0v) is 6.54. The molecule has 0 heterocycles. The van der Waals surface area contributed by atoms with E-state index >= 15 is 0 Å². The lowest BCUT2D eigenvalue weighted by Gasteiger charge is -1.99. The molecule has 1 aromatic carbocycles. The van der Waals surface area contributed by atoms with Gasteiger partial charge >= 0.3 is 0 Å². The quantitative estimate of drug-likeness (QED) is 0.431. The molecule has 0 aliphatic carbocycles. The standard InChI is InChI=1S/C6H5O5S/c7-4-1-2-5(8)6(3-4)12(9,10)11/h1-2,7-8H,(H,9,10,11).